The van der Waals surface area contributed by atoms with Crippen LogP contribution in [0.3, 0.4) is 0 Å². The maximum Gasteiger partial charge on any atom is 0.305 e. The largest absolute Gasteiger partial charge is 0.312 e. The Bertz CT molecular complexity index is 719. The van der Waals surface area contributed by atoms with Crippen molar-refractivity contribution >= 4 is 11.3 Å². The van der Waals surface area contributed by atoms with Gasteiger partial charge in [0.05, 0.1) is 5.69 Å². The van der Waals surface area contributed by atoms with Gasteiger partial charge in [-0.25, -0.2) is 0 Å². The first-order chi connectivity index (χ1) is 11.5. The molecule has 1 aromatic heterocycles. The molecule has 1 aromatic carbocycles. The highest BCUT2D eigenvalue weighted by Gasteiger charge is 2.26. The van der Waals surface area contributed by atoms with Gasteiger partial charge in [0, 0.05) is 23.5 Å². The average Bonchev–Trinajstić information content (AvgIpc) is 2.92. The van der Waals surface area contributed by atoms with Crippen LogP contribution in [-0.4, -0.2) is 22.0 Å². The summed E-state index contributed by atoms with van der Waals surface area (Å²) in [6.45, 7) is 9.88. The number of rotatable bonds is 4. The van der Waals surface area contributed by atoms with Crippen molar-refractivity contribution in [2.24, 2.45) is 0 Å². The Morgan fingerprint density at radius 2 is 1.79 bits per heavy atom. The minimum absolute atomic E-state index is 0.0465. The molecular weight excluding hydrogens is 316 g/mol. The molecule has 0 bridgehead atoms. The summed E-state index contributed by atoms with van der Waals surface area (Å²) >= 11 is 1.36. The number of H-pyrrole nitrogens is 1. The van der Waals surface area contributed by atoms with Gasteiger partial charge in [-0.05, 0) is 43.7 Å². The van der Waals surface area contributed by atoms with Gasteiger partial charge in [-0.2, -0.15) is 0 Å². The van der Waals surface area contributed by atoms with Crippen molar-refractivity contribution in [1.29, 1.82) is 0 Å². The van der Waals surface area contributed by atoms with Crippen molar-refractivity contribution in [1.82, 2.24) is 9.88 Å². The van der Waals surface area contributed by atoms with Crippen LogP contribution in [0.4, 0.5) is 0 Å². The van der Waals surface area contributed by atoms with Crippen molar-refractivity contribution in [3.8, 4) is 11.3 Å². The standard InChI is InChI=1S/C20H28N2OS/c1-13(2)16-8-10-17(11-9-16)19-18(24-20(23)21-19)12-22-14(3)6-5-7-15(22)4/h8-11,13-15H,5-7,12H2,1-4H3,(H,21,23). The lowest BCUT2D eigenvalue weighted by Gasteiger charge is -2.38. The minimum atomic E-state index is 0.0465. The van der Waals surface area contributed by atoms with E-state index in [1.165, 1.54) is 36.2 Å². The molecule has 1 aliphatic rings. The maximum atomic E-state index is 12.0. The number of benzene rings is 1. The van der Waals surface area contributed by atoms with Crippen molar-refractivity contribution in [2.75, 3.05) is 0 Å². The predicted molar refractivity (Wildman–Crippen MR) is 103 cm³/mol. The van der Waals surface area contributed by atoms with Crippen LogP contribution in [0, 0.1) is 0 Å². The lowest BCUT2D eigenvalue weighted by atomic mass is 9.97. The van der Waals surface area contributed by atoms with Crippen molar-refractivity contribution in [3.05, 3.63) is 44.4 Å². The molecule has 130 valence electrons. The summed E-state index contributed by atoms with van der Waals surface area (Å²) in [4.78, 5) is 18.8. The molecule has 0 radical (unpaired) electrons. The van der Waals surface area contributed by atoms with Crippen molar-refractivity contribution in [2.45, 2.75) is 71.5 Å². The third-order valence-electron chi connectivity index (χ3n) is 5.29. The van der Waals surface area contributed by atoms with E-state index in [-0.39, 0.29) is 4.87 Å². The van der Waals surface area contributed by atoms with Gasteiger partial charge in [-0.3, -0.25) is 9.69 Å². The lowest BCUT2D eigenvalue weighted by Crippen LogP contribution is -2.42. The summed E-state index contributed by atoms with van der Waals surface area (Å²) in [5.74, 6) is 0.523. The fourth-order valence-corrected chi connectivity index (χ4v) is 4.55. The van der Waals surface area contributed by atoms with Gasteiger partial charge in [-0.1, -0.05) is 55.9 Å². The Morgan fingerprint density at radius 3 is 2.38 bits per heavy atom. The number of aromatic nitrogens is 1. The molecule has 3 rings (SSSR count). The zero-order valence-corrected chi connectivity index (χ0v) is 16.0. The SMILES string of the molecule is CC(C)c1ccc(-c2[nH]c(=O)sc2CN2C(C)CCCC2C)cc1. The summed E-state index contributed by atoms with van der Waals surface area (Å²) in [5.41, 5.74) is 3.45. The van der Waals surface area contributed by atoms with Gasteiger partial charge in [0.25, 0.3) is 0 Å². The molecule has 1 saturated heterocycles. The molecule has 1 N–H and O–H groups in total. The third kappa shape index (κ3) is 3.65. The highest BCUT2D eigenvalue weighted by atomic mass is 32.1. The number of nitrogens with one attached hydrogen (secondary N) is 1. The molecular formula is C20H28N2OS. The zero-order chi connectivity index (χ0) is 17.3. The Balaban J connectivity index is 1.89. The summed E-state index contributed by atoms with van der Waals surface area (Å²) in [6.07, 6.45) is 3.82. The predicted octanol–water partition coefficient (Wildman–Crippen LogP) is 4.99. The first kappa shape index (κ1) is 17.4. The normalized spacial score (nSPS) is 22.2. The smallest absolute Gasteiger partial charge is 0.305 e. The molecule has 2 heterocycles. The highest BCUT2D eigenvalue weighted by molar-refractivity contribution is 7.09. The van der Waals surface area contributed by atoms with E-state index >= 15 is 0 Å². The van der Waals surface area contributed by atoms with E-state index in [4.69, 9.17) is 0 Å². The second-order valence-corrected chi connectivity index (χ2v) is 8.46. The van der Waals surface area contributed by atoms with Gasteiger partial charge in [0.1, 0.15) is 0 Å². The molecule has 4 heteroatoms. The average molecular weight is 345 g/mol. The Hall–Kier alpha value is -1.39. The third-order valence-corrected chi connectivity index (χ3v) is 6.16. The second-order valence-electron chi connectivity index (χ2n) is 7.39. The molecule has 0 amide bonds. The summed E-state index contributed by atoms with van der Waals surface area (Å²) in [5, 5.41) is 0. The number of hydrogen-bond acceptors (Lipinski definition) is 3. The molecule has 2 unspecified atom stereocenters. The van der Waals surface area contributed by atoms with Crippen LogP contribution in [0.1, 0.15) is 63.3 Å². The van der Waals surface area contributed by atoms with Crippen LogP contribution in [0.25, 0.3) is 11.3 Å². The van der Waals surface area contributed by atoms with Gasteiger partial charge in [0.15, 0.2) is 0 Å². The number of aromatic amines is 1. The minimum Gasteiger partial charge on any atom is -0.312 e. The van der Waals surface area contributed by atoms with Gasteiger partial charge >= 0.3 is 4.87 Å². The van der Waals surface area contributed by atoms with Crippen LogP contribution in [-0.2, 0) is 6.54 Å². The number of piperidine rings is 1. The molecule has 1 fully saturated rings. The maximum absolute atomic E-state index is 12.0. The van der Waals surface area contributed by atoms with Crippen molar-refractivity contribution in [3.63, 3.8) is 0 Å². The van der Waals surface area contributed by atoms with E-state index in [9.17, 15) is 4.79 Å². The van der Waals surface area contributed by atoms with E-state index < -0.39 is 0 Å². The van der Waals surface area contributed by atoms with E-state index in [2.05, 4.69) is 61.8 Å². The first-order valence-corrected chi connectivity index (χ1v) is 9.85. The molecule has 24 heavy (non-hydrogen) atoms. The van der Waals surface area contributed by atoms with E-state index in [1.807, 2.05) is 0 Å². The van der Waals surface area contributed by atoms with E-state index in [1.54, 1.807) is 0 Å². The summed E-state index contributed by atoms with van der Waals surface area (Å²) in [6, 6.07) is 9.79. The van der Waals surface area contributed by atoms with Crippen LogP contribution >= 0.6 is 11.3 Å². The molecule has 2 aromatic rings. The zero-order valence-electron chi connectivity index (χ0n) is 15.1. The Kier molecular flexibility index (Phi) is 5.26. The summed E-state index contributed by atoms with van der Waals surface area (Å²) < 4.78 is 0. The van der Waals surface area contributed by atoms with E-state index in [0.29, 0.717) is 18.0 Å². The summed E-state index contributed by atoms with van der Waals surface area (Å²) in [7, 11) is 0. The van der Waals surface area contributed by atoms with Gasteiger partial charge < -0.3 is 4.98 Å². The first-order valence-electron chi connectivity index (χ1n) is 9.03. The van der Waals surface area contributed by atoms with Crippen LogP contribution in [0.5, 0.6) is 0 Å². The number of likely N-dealkylation sites (tertiary alicyclic amines) is 1. The molecule has 0 aliphatic carbocycles. The van der Waals surface area contributed by atoms with E-state index in [0.717, 1.165) is 22.7 Å². The van der Waals surface area contributed by atoms with Gasteiger partial charge in [-0.15, -0.1) is 0 Å². The molecule has 2 atom stereocenters. The lowest BCUT2D eigenvalue weighted by molar-refractivity contribution is 0.0965. The monoisotopic (exact) mass is 344 g/mol. The molecule has 0 saturated carbocycles. The Labute approximate surface area is 148 Å². The van der Waals surface area contributed by atoms with Gasteiger partial charge in [0.2, 0.25) is 0 Å². The second kappa shape index (κ2) is 7.24. The molecule has 0 spiro atoms. The fraction of sp³-hybridized carbons (Fsp3) is 0.550. The highest BCUT2D eigenvalue weighted by Crippen LogP contribution is 2.30. The van der Waals surface area contributed by atoms with Crippen LogP contribution in [0.15, 0.2) is 29.1 Å². The van der Waals surface area contributed by atoms with Crippen molar-refractivity contribution < 1.29 is 0 Å². The molecule has 3 nitrogen and oxygen atoms in total. The number of thiazole rings is 1. The van der Waals surface area contributed by atoms with Crippen LogP contribution in [0.2, 0.25) is 0 Å². The molecule has 1 aliphatic heterocycles. The quantitative estimate of drug-likeness (QED) is 0.848. The number of hydrogen-bond donors (Lipinski definition) is 1. The Morgan fingerprint density at radius 1 is 1.17 bits per heavy atom. The number of nitrogens with zero attached hydrogens (tertiary/aromatic N) is 1. The topological polar surface area (TPSA) is 36.1 Å². The fourth-order valence-electron chi connectivity index (χ4n) is 3.69. The van der Waals surface area contributed by atoms with Crippen LogP contribution < -0.4 is 4.87 Å².